The third kappa shape index (κ3) is 4.56. The van der Waals surface area contributed by atoms with E-state index in [1.54, 1.807) is 0 Å². The molecule has 0 aliphatic heterocycles. The Labute approximate surface area is 113 Å². The minimum absolute atomic E-state index is 0.204. The molecule has 0 bridgehead atoms. The van der Waals surface area contributed by atoms with Crippen LogP contribution in [0.5, 0.6) is 0 Å². The monoisotopic (exact) mass is 286 g/mol. The van der Waals surface area contributed by atoms with Gasteiger partial charge in [-0.15, -0.1) is 0 Å². The van der Waals surface area contributed by atoms with E-state index in [9.17, 15) is 12.8 Å². The van der Waals surface area contributed by atoms with Gasteiger partial charge in [-0.1, -0.05) is 12.1 Å². The fourth-order valence-corrected chi connectivity index (χ4v) is 2.78. The lowest BCUT2D eigenvalue weighted by Gasteiger charge is -2.36. The molecule has 1 fully saturated rings. The van der Waals surface area contributed by atoms with Gasteiger partial charge >= 0.3 is 0 Å². The number of hydrogen-bond acceptors (Lipinski definition) is 3. The smallest absolute Gasteiger partial charge is 0.208 e. The first-order valence-corrected chi connectivity index (χ1v) is 8.26. The molecule has 0 radical (unpaired) electrons. The van der Waals surface area contributed by atoms with Crippen LogP contribution in [0.3, 0.4) is 0 Å². The number of sulfonamides is 1. The van der Waals surface area contributed by atoms with Gasteiger partial charge in [-0.3, -0.25) is 0 Å². The molecule has 0 atom stereocenters. The van der Waals surface area contributed by atoms with Crippen molar-refractivity contribution in [3.8, 4) is 0 Å². The minimum Gasteiger partial charge on any atom is -0.313 e. The molecule has 1 aliphatic rings. The molecule has 0 saturated heterocycles. The Kier molecular flexibility index (Phi) is 4.54. The van der Waals surface area contributed by atoms with Gasteiger partial charge in [-0.05, 0) is 36.5 Å². The van der Waals surface area contributed by atoms with E-state index >= 15 is 0 Å². The first kappa shape index (κ1) is 14.4. The molecule has 6 heteroatoms. The third-order valence-corrected chi connectivity index (χ3v) is 4.13. The van der Waals surface area contributed by atoms with Gasteiger partial charge in [0.05, 0.1) is 6.26 Å². The van der Waals surface area contributed by atoms with E-state index in [4.69, 9.17) is 0 Å². The maximum Gasteiger partial charge on any atom is 0.208 e. The van der Waals surface area contributed by atoms with Gasteiger partial charge in [0.25, 0.3) is 0 Å². The average molecular weight is 286 g/mol. The minimum atomic E-state index is -3.09. The topological polar surface area (TPSA) is 58.2 Å². The van der Waals surface area contributed by atoms with Gasteiger partial charge in [-0.25, -0.2) is 17.5 Å². The van der Waals surface area contributed by atoms with Crippen molar-refractivity contribution in [2.24, 2.45) is 0 Å². The van der Waals surface area contributed by atoms with Crippen molar-refractivity contribution in [1.82, 2.24) is 10.0 Å². The van der Waals surface area contributed by atoms with Crippen LogP contribution in [-0.2, 0) is 10.0 Å². The lowest BCUT2D eigenvalue weighted by atomic mass is 9.76. The predicted octanol–water partition coefficient (Wildman–Crippen LogP) is 1.21. The Morgan fingerprint density at radius 2 is 1.84 bits per heavy atom. The van der Waals surface area contributed by atoms with Gasteiger partial charge in [0.1, 0.15) is 5.82 Å². The molecule has 4 nitrogen and oxygen atoms in total. The van der Waals surface area contributed by atoms with Crippen molar-refractivity contribution in [3.05, 3.63) is 35.6 Å². The molecule has 1 aliphatic carbocycles. The maximum atomic E-state index is 12.8. The van der Waals surface area contributed by atoms with E-state index in [0.717, 1.165) is 19.1 Å². The molecule has 0 unspecified atom stereocenters. The number of hydrogen-bond donors (Lipinski definition) is 2. The number of rotatable bonds is 6. The molecule has 2 rings (SSSR count). The summed E-state index contributed by atoms with van der Waals surface area (Å²) in [6, 6.07) is 7.08. The standard InChI is InChI=1S/C13H19FN2O2S/c1-19(17,18)16-7-6-15-13-8-11(9-13)10-2-4-12(14)5-3-10/h2-5,11,13,15-16H,6-9H2,1H3. The van der Waals surface area contributed by atoms with Crippen molar-refractivity contribution in [2.45, 2.75) is 24.8 Å². The van der Waals surface area contributed by atoms with Crippen molar-refractivity contribution < 1.29 is 12.8 Å². The molecule has 1 aromatic rings. The van der Waals surface area contributed by atoms with E-state index in [-0.39, 0.29) is 5.82 Å². The third-order valence-electron chi connectivity index (χ3n) is 3.40. The Hall–Kier alpha value is -0.980. The molecule has 0 aromatic heterocycles. The highest BCUT2D eigenvalue weighted by molar-refractivity contribution is 7.88. The Morgan fingerprint density at radius 1 is 1.21 bits per heavy atom. The zero-order valence-electron chi connectivity index (χ0n) is 10.9. The second-order valence-corrected chi connectivity index (χ2v) is 6.87. The highest BCUT2D eigenvalue weighted by Gasteiger charge is 2.29. The van der Waals surface area contributed by atoms with E-state index in [0.29, 0.717) is 25.0 Å². The lowest BCUT2D eigenvalue weighted by Crippen LogP contribution is -2.43. The summed E-state index contributed by atoms with van der Waals surface area (Å²) in [5.74, 6) is 0.283. The fraction of sp³-hybridized carbons (Fsp3) is 0.538. The van der Waals surface area contributed by atoms with Crippen molar-refractivity contribution >= 4 is 10.0 Å². The van der Waals surface area contributed by atoms with Crippen LogP contribution in [-0.4, -0.2) is 33.8 Å². The summed E-state index contributed by atoms with van der Waals surface area (Å²) in [4.78, 5) is 0. The SMILES string of the molecule is CS(=O)(=O)NCCNC1CC(c2ccc(F)cc2)C1. The zero-order valence-corrected chi connectivity index (χ0v) is 11.7. The quantitative estimate of drug-likeness (QED) is 0.773. The van der Waals surface area contributed by atoms with Gasteiger partial charge in [-0.2, -0.15) is 0 Å². The van der Waals surface area contributed by atoms with Crippen LogP contribution < -0.4 is 10.0 Å². The molecule has 19 heavy (non-hydrogen) atoms. The predicted molar refractivity (Wildman–Crippen MR) is 73.0 cm³/mol. The van der Waals surface area contributed by atoms with Crippen molar-refractivity contribution in [3.63, 3.8) is 0 Å². The fourth-order valence-electron chi connectivity index (χ4n) is 2.30. The van der Waals surface area contributed by atoms with Crippen molar-refractivity contribution in [1.29, 1.82) is 0 Å². The van der Waals surface area contributed by atoms with Gasteiger partial charge in [0.2, 0.25) is 10.0 Å². The van der Waals surface area contributed by atoms with Crippen LogP contribution >= 0.6 is 0 Å². The van der Waals surface area contributed by atoms with Crippen LogP contribution in [0.1, 0.15) is 24.3 Å². The lowest BCUT2D eigenvalue weighted by molar-refractivity contribution is 0.293. The molecule has 1 aromatic carbocycles. The summed E-state index contributed by atoms with van der Waals surface area (Å²) in [7, 11) is -3.09. The largest absolute Gasteiger partial charge is 0.313 e. The second-order valence-electron chi connectivity index (χ2n) is 5.04. The van der Waals surface area contributed by atoms with E-state index < -0.39 is 10.0 Å². The molecule has 0 heterocycles. The van der Waals surface area contributed by atoms with E-state index in [1.165, 1.54) is 17.7 Å². The summed E-state index contributed by atoms with van der Waals surface area (Å²) in [6.07, 6.45) is 3.19. The van der Waals surface area contributed by atoms with Crippen LogP contribution in [0.4, 0.5) is 4.39 Å². The van der Waals surface area contributed by atoms with E-state index in [2.05, 4.69) is 10.0 Å². The van der Waals surface area contributed by atoms with Crippen LogP contribution in [0, 0.1) is 5.82 Å². The maximum absolute atomic E-state index is 12.8. The Bertz CT molecular complexity index is 510. The molecule has 1 saturated carbocycles. The average Bonchev–Trinajstić information content (AvgIpc) is 2.27. The second kappa shape index (κ2) is 5.98. The molecular weight excluding hydrogens is 267 g/mol. The van der Waals surface area contributed by atoms with Crippen LogP contribution in [0.15, 0.2) is 24.3 Å². The summed E-state index contributed by atoms with van der Waals surface area (Å²) in [5, 5.41) is 3.30. The first-order chi connectivity index (χ1) is 8.94. The number of halogens is 1. The molecule has 0 spiro atoms. The summed E-state index contributed by atoms with van der Waals surface area (Å²) in [5.41, 5.74) is 1.17. The first-order valence-electron chi connectivity index (χ1n) is 6.37. The summed E-state index contributed by atoms with van der Waals surface area (Å²) in [6.45, 7) is 1.05. The number of nitrogens with one attached hydrogen (secondary N) is 2. The summed E-state index contributed by atoms with van der Waals surface area (Å²) < 4.78 is 36.9. The molecular formula is C13H19FN2O2S. The van der Waals surface area contributed by atoms with Gasteiger partial charge in [0.15, 0.2) is 0 Å². The highest BCUT2D eigenvalue weighted by atomic mass is 32.2. The van der Waals surface area contributed by atoms with Crippen LogP contribution in [0.2, 0.25) is 0 Å². The van der Waals surface area contributed by atoms with Crippen LogP contribution in [0.25, 0.3) is 0 Å². The van der Waals surface area contributed by atoms with Gasteiger partial charge < -0.3 is 5.32 Å². The highest BCUT2D eigenvalue weighted by Crippen LogP contribution is 2.36. The normalized spacial score (nSPS) is 23.1. The zero-order chi connectivity index (χ0) is 13.9. The molecule has 106 valence electrons. The van der Waals surface area contributed by atoms with Gasteiger partial charge in [0, 0.05) is 19.1 Å². The summed E-state index contributed by atoms with van der Waals surface area (Å²) >= 11 is 0. The van der Waals surface area contributed by atoms with E-state index in [1.807, 2.05) is 12.1 Å². The Morgan fingerprint density at radius 3 is 2.42 bits per heavy atom. The molecule has 2 N–H and O–H groups in total. The van der Waals surface area contributed by atoms with Crippen molar-refractivity contribution in [2.75, 3.05) is 19.3 Å². The molecule has 0 amide bonds. The Balaban J connectivity index is 1.65. The number of benzene rings is 1.